The molecule has 5 rings (SSSR count). The maximum absolute atomic E-state index is 13.7. The zero-order valence-electron chi connectivity index (χ0n) is 17.4. The van der Waals surface area contributed by atoms with Gasteiger partial charge < -0.3 is 13.9 Å². The molecule has 9 heteroatoms. The lowest BCUT2D eigenvalue weighted by Crippen LogP contribution is -2.21. The first kappa shape index (κ1) is 20.6. The summed E-state index contributed by atoms with van der Waals surface area (Å²) in [6, 6.07) is 16.4. The number of nitrogens with zero attached hydrogens (tertiary/aromatic N) is 3. The number of hydrogen-bond acceptors (Lipinski definition) is 6. The van der Waals surface area contributed by atoms with Gasteiger partial charge in [-0.05, 0) is 61.0 Å². The first-order valence-corrected chi connectivity index (χ1v) is 10.1. The van der Waals surface area contributed by atoms with Crippen LogP contribution in [-0.4, -0.2) is 27.8 Å². The number of fused-ring (bicyclic) bond motifs is 2. The van der Waals surface area contributed by atoms with E-state index in [1.54, 1.807) is 30.3 Å². The van der Waals surface area contributed by atoms with Gasteiger partial charge in [0.2, 0.25) is 5.88 Å². The lowest BCUT2D eigenvalue weighted by Gasteiger charge is -2.14. The summed E-state index contributed by atoms with van der Waals surface area (Å²) in [6.45, 7) is -0.689. The Morgan fingerprint density at radius 2 is 1.88 bits per heavy atom. The molecule has 3 aromatic heterocycles. The lowest BCUT2D eigenvalue weighted by molar-refractivity contribution is -0.0498. The molecule has 0 saturated carbocycles. The largest absolute Gasteiger partial charge is 0.478 e. The van der Waals surface area contributed by atoms with Crippen molar-refractivity contribution in [3.05, 3.63) is 77.4 Å². The number of pyridine rings is 2. The van der Waals surface area contributed by atoms with Gasteiger partial charge in [0.05, 0.1) is 12.3 Å². The molecule has 7 nitrogen and oxygen atoms in total. The van der Waals surface area contributed by atoms with Crippen LogP contribution in [0.3, 0.4) is 0 Å². The molecule has 0 fully saturated rings. The van der Waals surface area contributed by atoms with Crippen molar-refractivity contribution in [1.29, 1.82) is 0 Å². The third-order valence-electron chi connectivity index (χ3n) is 5.08. The second kappa shape index (κ2) is 8.34. The highest BCUT2D eigenvalue weighted by atomic mass is 19.3. The molecule has 0 unspecified atom stereocenters. The first-order valence-electron chi connectivity index (χ1n) is 10.1. The number of oxazole rings is 1. The van der Waals surface area contributed by atoms with Gasteiger partial charge in [0.25, 0.3) is 5.56 Å². The van der Waals surface area contributed by atoms with E-state index >= 15 is 0 Å². The molecular formula is C24H17F2N3O4. The lowest BCUT2D eigenvalue weighted by atomic mass is 10.0. The van der Waals surface area contributed by atoms with Gasteiger partial charge in [0.1, 0.15) is 11.3 Å². The second-order valence-corrected chi connectivity index (χ2v) is 7.10. The fourth-order valence-electron chi connectivity index (χ4n) is 3.64. The number of aromatic nitrogens is 3. The molecule has 0 aliphatic rings. The zero-order chi connectivity index (χ0) is 22.9. The van der Waals surface area contributed by atoms with Gasteiger partial charge in [-0.2, -0.15) is 13.8 Å². The fourth-order valence-corrected chi connectivity index (χ4v) is 3.64. The minimum Gasteiger partial charge on any atom is -0.478 e. The first-order chi connectivity index (χ1) is 16.0. The van der Waals surface area contributed by atoms with E-state index in [9.17, 15) is 13.6 Å². The van der Waals surface area contributed by atoms with Crippen molar-refractivity contribution >= 4 is 22.1 Å². The summed E-state index contributed by atoms with van der Waals surface area (Å²) >= 11 is 0. The number of halogens is 2. The topological polar surface area (TPSA) is 79.4 Å². The quantitative estimate of drug-likeness (QED) is 0.355. The van der Waals surface area contributed by atoms with Crippen LogP contribution in [0, 0.1) is 0 Å². The van der Waals surface area contributed by atoms with Gasteiger partial charge in [0, 0.05) is 17.0 Å². The predicted octanol–water partition coefficient (Wildman–Crippen LogP) is 5.19. The van der Waals surface area contributed by atoms with Gasteiger partial charge >= 0.3 is 6.61 Å². The monoisotopic (exact) mass is 449 g/mol. The standard InChI is InChI=1S/C24H17F2N3O4/c1-2-31-21-10-4-15-11-18(14-3-9-19-20(12-14)32-13-27-19)23(30)29(22(15)28-21)16-5-7-17(8-6-16)33-24(25)26/h3-13,24H,2H2,1H3. The van der Waals surface area contributed by atoms with Crippen LogP contribution in [0.15, 0.2) is 76.3 Å². The van der Waals surface area contributed by atoms with E-state index in [1.165, 1.54) is 35.2 Å². The van der Waals surface area contributed by atoms with E-state index in [0.717, 1.165) is 0 Å². The highest BCUT2D eigenvalue weighted by Crippen LogP contribution is 2.27. The zero-order valence-corrected chi connectivity index (χ0v) is 17.4. The van der Waals surface area contributed by atoms with Crippen LogP contribution in [0.1, 0.15) is 6.92 Å². The van der Waals surface area contributed by atoms with Crippen molar-refractivity contribution < 1.29 is 22.7 Å². The molecule has 3 heterocycles. The van der Waals surface area contributed by atoms with Crippen molar-refractivity contribution in [3.8, 4) is 28.4 Å². The van der Waals surface area contributed by atoms with E-state index in [1.807, 2.05) is 13.0 Å². The van der Waals surface area contributed by atoms with Gasteiger partial charge in [-0.1, -0.05) is 6.07 Å². The van der Waals surface area contributed by atoms with E-state index in [4.69, 9.17) is 9.15 Å². The minimum atomic E-state index is -2.94. The Kier molecular flexibility index (Phi) is 5.21. The van der Waals surface area contributed by atoms with E-state index in [2.05, 4.69) is 14.7 Å². The Labute approximate surface area is 185 Å². The van der Waals surface area contributed by atoms with Crippen molar-refractivity contribution in [1.82, 2.24) is 14.5 Å². The predicted molar refractivity (Wildman–Crippen MR) is 118 cm³/mol. The summed E-state index contributed by atoms with van der Waals surface area (Å²) in [7, 11) is 0. The number of ether oxygens (including phenoxy) is 2. The van der Waals surface area contributed by atoms with Gasteiger partial charge in [-0.25, -0.2) is 4.98 Å². The van der Waals surface area contributed by atoms with Gasteiger partial charge in [-0.15, -0.1) is 0 Å². The molecule has 166 valence electrons. The van der Waals surface area contributed by atoms with Crippen LogP contribution in [0.2, 0.25) is 0 Å². The number of hydrogen-bond donors (Lipinski definition) is 0. The molecule has 0 N–H and O–H groups in total. The number of benzene rings is 2. The average molecular weight is 449 g/mol. The summed E-state index contributed by atoms with van der Waals surface area (Å²) in [6.07, 6.45) is 1.34. The number of rotatable bonds is 6. The molecule has 0 saturated heterocycles. The molecule has 0 aliphatic carbocycles. The SMILES string of the molecule is CCOc1ccc2cc(-c3ccc4ncoc4c3)c(=O)n(-c3ccc(OC(F)F)cc3)c2n1. The van der Waals surface area contributed by atoms with Crippen LogP contribution >= 0.6 is 0 Å². The molecule has 0 aliphatic heterocycles. The smallest absolute Gasteiger partial charge is 0.387 e. The molecule has 5 aromatic rings. The third kappa shape index (κ3) is 3.89. The highest BCUT2D eigenvalue weighted by molar-refractivity contribution is 5.86. The maximum Gasteiger partial charge on any atom is 0.387 e. The minimum absolute atomic E-state index is 0.0130. The van der Waals surface area contributed by atoms with Crippen molar-refractivity contribution in [2.75, 3.05) is 6.61 Å². The molecule has 2 aromatic carbocycles. The molecule has 0 atom stereocenters. The Hall–Kier alpha value is -4.27. The van der Waals surface area contributed by atoms with Crippen LogP contribution in [0.25, 0.3) is 38.9 Å². The van der Waals surface area contributed by atoms with Crippen molar-refractivity contribution in [2.24, 2.45) is 0 Å². The highest BCUT2D eigenvalue weighted by Gasteiger charge is 2.16. The summed E-state index contributed by atoms with van der Waals surface area (Å²) in [5, 5.41) is 0.693. The number of alkyl halides is 2. The van der Waals surface area contributed by atoms with Crippen molar-refractivity contribution in [3.63, 3.8) is 0 Å². The summed E-state index contributed by atoms with van der Waals surface area (Å²) in [4.78, 5) is 22.3. The van der Waals surface area contributed by atoms with E-state index in [-0.39, 0.29) is 11.3 Å². The Balaban J connectivity index is 1.74. The second-order valence-electron chi connectivity index (χ2n) is 7.10. The third-order valence-corrected chi connectivity index (χ3v) is 5.08. The molecule has 0 amide bonds. The van der Waals surface area contributed by atoms with Crippen LogP contribution < -0.4 is 15.0 Å². The maximum atomic E-state index is 13.7. The van der Waals surface area contributed by atoms with E-state index in [0.29, 0.717) is 51.4 Å². The molecule has 0 spiro atoms. The molecule has 33 heavy (non-hydrogen) atoms. The fraction of sp³-hybridized carbons (Fsp3) is 0.125. The molecular weight excluding hydrogens is 432 g/mol. The molecule has 0 radical (unpaired) electrons. The van der Waals surface area contributed by atoms with Crippen molar-refractivity contribution in [2.45, 2.75) is 13.5 Å². The average Bonchev–Trinajstić information content (AvgIpc) is 3.27. The Morgan fingerprint density at radius 3 is 2.64 bits per heavy atom. The normalized spacial score (nSPS) is 11.4. The summed E-state index contributed by atoms with van der Waals surface area (Å²) in [5.74, 6) is 0.354. The van der Waals surface area contributed by atoms with Gasteiger partial charge in [0.15, 0.2) is 17.6 Å². The Bertz CT molecular complexity index is 1510. The summed E-state index contributed by atoms with van der Waals surface area (Å²) in [5.41, 5.74) is 2.76. The summed E-state index contributed by atoms with van der Waals surface area (Å²) < 4.78 is 41.8. The molecule has 0 bridgehead atoms. The van der Waals surface area contributed by atoms with Gasteiger partial charge in [-0.3, -0.25) is 9.36 Å². The van der Waals surface area contributed by atoms with E-state index < -0.39 is 6.61 Å². The van der Waals surface area contributed by atoms with Crippen LogP contribution in [0.4, 0.5) is 8.78 Å². The van der Waals surface area contributed by atoms with Crippen LogP contribution in [-0.2, 0) is 0 Å². The van der Waals surface area contributed by atoms with Crippen LogP contribution in [0.5, 0.6) is 11.6 Å². The Morgan fingerprint density at radius 1 is 1.06 bits per heavy atom.